The van der Waals surface area contributed by atoms with Crippen molar-refractivity contribution >= 4 is 22.6 Å². The Hall–Kier alpha value is -4.33. The number of hydrogen-bond donors (Lipinski definition) is 1. The van der Waals surface area contributed by atoms with Crippen molar-refractivity contribution in [2.24, 2.45) is 0 Å². The minimum Gasteiger partial charge on any atom is -0.348 e. The average Bonchev–Trinajstić information content (AvgIpc) is 3.20. The lowest BCUT2D eigenvalue weighted by atomic mass is 10.1. The summed E-state index contributed by atoms with van der Waals surface area (Å²) in [5, 5.41) is 11.5. The molecule has 0 bridgehead atoms. The van der Waals surface area contributed by atoms with Crippen LogP contribution in [0.3, 0.4) is 0 Å². The van der Waals surface area contributed by atoms with Crippen LogP contribution < -0.4 is 10.9 Å². The highest BCUT2D eigenvalue weighted by molar-refractivity contribution is 5.98. The SMILES string of the molecule is Cc1nnc2n(-c3ccccc3)c(=O)c3ccc(C(=O)NCc4ccccc4F)cc3n12. The van der Waals surface area contributed by atoms with Gasteiger partial charge in [-0.25, -0.2) is 8.96 Å². The Bertz CT molecular complexity index is 1540. The molecule has 1 N–H and O–H groups in total. The minimum atomic E-state index is -0.380. The van der Waals surface area contributed by atoms with E-state index in [2.05, 4.69) is 15.5 Å². The van der Waals surface area contributed by atoms with Crippen LogP contribution in [0.25, 0.3) is 22.4 Å². The number of aromatic nitrogens is 4. The summed E-state index contributed by atoms with van der Waals surface area (Å²) < 4.78 is 17.1. The van der Waals surface area contributed by atoms with Crippen molar-refractivity contribution in [3.63, 3.8) is 0 Å². The number of rotatable bonds is 4. The molecule has 1 amide bonds. The highest BCUT2D eigenvalue weighted by Gasteiger charge is 2.18. The minimum absolute atomic E-state index is 0.0558. The average molecular weight is 427 g/mol. The van der Waals surface area contributed by atoms with Gasteiger partial charge in [-0.2, -0.15) is 0 Å². The highest BCUT2D eigenvalue weighted by Crippen LogP contribution is 2.19. The molecule has 3 aromatic carbocycles. The second-order valence-corrected chi connectivity index (χ2v) is 7.36. The van der Waals surface area contributed by atoms with Crippen LogP contribution in [0, 0.1) is 12.7 Å². The number of para-hydroxylation sites is 1. The molecular formula is C24H18FN5O2. The first-order valence-electron chi connectivity index (χ1n) is 10.0. The lowest BCUT2D eigenvalue weighted by molar-refractivity contribution is 0.0950. The number of benzene rings is 3. The summed E-state index contributed by atoms with van der Waals surface area (Å²) in [6.45, 7) is 1.84. The normalized spacial score (nSPS) is 11.2. The quantitative estimate of drug-likeness (QED) is 0.477. The van der Waals surface area contributed by atoms with E-state index in [0.717, 1.165) is 0 Å². The zero-order valence-electron chi connectivity index (χ0n) is 17.1. The van der Waals surface area contributed by atoms with Gasteiger partial charge in [-0.15, -0.1) is 10.2 Å². The molecule has 8 heteroatoms. The summed E-state index contributed by atoms with van der Waals surface area (Å²) in [5.74, 6) is 0.185. The Labute approximate surface area is 181 Å². The van der Waals surface area contributed by atoms with Gasteiger partial charge in [-0.3, -0.25) is 14.0 Å². The molecule has 158 valence electrons. The number of aryl methyl sites for hydroxylation is 1. The molecule has 2 heterocycles. The van der Waals surface area contributed by atoms with Crippen LogP contribution in [0.5, 0.6) is 0 Å². The second kappa shape index (κ2) is 7.73. The summed E-state index contributed by atoms with van der Waals surface area (Å²) in [4.78, 5) is 26.1. The van der Waals surface area contributed by atoms with E-state index in [9.17, 15) is 14.0 Å². The second-order valence-electron chi connectivity index (χ2n) is 7.36. The fraction of sp³-hybridized carbons (Fsp3) is 0.0833. The third kappa shape index (κ3) is 3.22. The number of halogens is 1. The van der Waals surface area contributed by atoms with E-state index in [1.807, 2.05) is 30.3 Å². The number of carbonyl (C=O) groups is 1. The van der Waals surface area contributed by atoms with E-state index in [1.54, 1.807) is 47.7 Å². The van der Waals surface area contributed by atoms with Crippen molar-refractivity contribution in [3.05, 3.63) is 106 Å². The Morgan fingerprint density at radius 1 is 1.00 bits per heavy atom. The molecule has 0 radical (unpaired) electrons. The zero-order valence-corrected chi connectivity index (χ0v) is 17.1. The first-order chi connectivity index (χ1) is 15.5. The highest BCUT2D eigenvalue weighted by atomic mass is 19.1. The molecule has 0 aliphatic rings. The topological polar surface area (TPSA) is 81.3 Å². The van der Waals surface area contributed by atoms with Crippen molar-refractivity contribution in [2.45, 2.75) is 13.5 Å². The Kier molecular flexibility index (Phi) is 4.74. The van der Waals surface area contributed by atoms with Gasteiger partial charge in [0.05, 0.1) is 16.6 Å². The number of nitrogens with one attached hydrogen (secondary N) is 1. The van der Waals surface area contributed by atoms with Crippen molar-refractivity contribution in [1.29, 1.82) is 0 Å². The van der Waals surface area contributed by atoms with E-state index in [1.165, 1.54) is 10.6 Å². The molecule has 0 aliphatic carbocycles. The summed E-state index contributed by atoms with van der Waals surface area (Å²) in [5.41, 5.74) is 1.68. The summed E-state index contributed by atoms with van der Waals surface area (Å²) in [6.07, 6.45) is 0. The standard InChI is InChI=1S/C24H18FN5O2/c1-15-27-28-24-29(15)21-13-16(22(31)26-14-17-7-5-6-10-20(17)25)11-12-19(21)23(32)30(24)18-8-3-2-4-9-18/h2-13H,14H2,1H3,(H,26,31). The summed E-state index contributed by atoms with van der Waals surface area (Å²) in [6, 6.07) is 20.3. The molecule has 32 heavy (non-hydrogen) atoms. The number of fused-ring (bicyclic) bond motifs is 3. The van der Waals surface area contributed by atoms with Crippen LogP contribution in [0.2, 0.25) is 0 Å². The van der Waals surface area contributed by atoms with Crippen LogP contribution in [-0.4, -0.2) is 25.1 Å². The zero-order chi connectivity index (χ0) is 22.2. The fourth-order valence-corrected chi connectivity index (χ4v) is 3.76. The molecule has 0 spiro atoms. The van der Waals surface area contributed by atoms with Gasteiger partial charge in [0.15, 0.2) is 0 Å². The third-order valence-corrected chi connectivity index (χ3v) is 5.35. The van der Waals surface area contributed by atoms with E-state index in [-0.39, 0.29) is 23.8 Å². The lowest BCUT2D eigenvalue weighted by Crippen LogP contribution is -2.25. The van der Waals surface area contributed by atoms with Crippen LogP contribution in [-0.2, 0) is 6.54 Å². The fourth-order valence-electron chi connectivity index (χ4n) is 3.76. The van der Waals surface area contributed by atoms with Gasteiger partial charge in [-0.05, 0) is 43.3 Å². The molecule has 0 atom stereocenters. The maximum absolute atomic E-state index is 13.9. The van der Waals surface area contributed by atoms with Gasteiger partial charge in [0, 0.05) is 17.7 Å². The molecule has 0 saturated carbocycles. The van der Waals surface area contributed by atoms with E-state index < -0.39 is 0 Å². The Morgan fingerprint density at radius 3 is 2.53 bits per heavy atom. The Morgan fingerprint density at radius 2 is 1.75 bits per heavy atom. The van der Waals surface area contributed by atoms with E-state index >= 15 is 0 Å². The van der Waals surface area contributed by atoms with Crippen molar-refractivity contribution in [1.82, 2.24) is 24.5 Å². The van der Waals surface area contributed by atoms with Crippen LogP contribution in [0.4, 0.5) is 4.39 Å². The van der Waals surface area contributed by atoms with Gasteiger partial charge in [0.25, 0.3) is 11.5 Å². The van der Waals surface area contributed by atoms with Crippen LogP contribution >= 0.6 is 0 Å². The van der Waals surface area contributed by atoms with Gasteiger partial charge < -0.3 is 5.32 Å². The molecule has 0 saturated heterocycles. The van der Waals surface area contributed by atoms with Crippen molar-refractivity contribution in [3.8, 4) is 5.69 Å². The largest absolute Gasteiger partial charge is 0.348 e. The van der Waals surface area contributed by atoms with Crippen molar-refractivity contribution in [2.75, 3.05) is 0 Å². The van der Waals surface area contributed by atoms with Gasteiger partial charge in [-0.1, -0.05) is 36.4 Å². The smallest absolute Gasteiger partial charge is 0.267 e. The number of carbonyl (C=O) groups excluding carboxylic acids is 1. The molecule has 5 rings (SSSR count). The lowest BCUT2D eigenvalue weighted by Gasteiger charge is -2.12. The molecule has 0 unspecified atom stereocenters. The predicted octanol–water partition coefficient (Wildman–Crippen LogP) is 3.41. The molecular weight excluding hydrogens is 409 g/mol. The molecule has 7 nitrogen and oxygen atoms in total. The maximum atomic E-state index is 13.9. The first kappa shape index (κ1) is 19.6. The molecule has 2 aromatic heterocycles. The van der Waals surface area contributed by atoms with E-state index in [4.69, 9.17) is 0 Å². The molecule has 0 fully saturated rings. The monoisotopic (exact) mass is 427 g/mol. The summed E-state index contributed by atoms with van der Waals surface area (Å²) >= 11 is 0. The van der Waals surface area contributed by atoms with Gasteiger partial charge in [0.2, 0.25) is 5.78 Å². The third-order valence-electron chi connectivity index (χ3n) is 5.35. The van der Waals surface area contributed by atoms with Crippen molar-refractivity contribution < 1.29 is 9.18 Å². The Balaban J connectivity index is 1.61. The maximum Gasteiger partial charge on any atom is 0.267 e. The van der Waals surface area contributed by atoms with E-state index in [0.29, 0.717) is 39.3 Å². The summed E-state index contributed by atoms with van der Waals surface area (Å²) in [7, 11) is 0. The number of hydrogen-bond acceptors (Lipinski definition) is 4. The van der Waals surface area contributed by atoms with Crippen LogP contribution in [0.15, 0.2) is 77.6 Å². The number of amides is 1. The molecule has 5 aromatic rings. The van der Waals surface area contributed by atoms with Gasteiger partial charge >= 0.3 is 0 Å². The number of nitrogens with zero attached hydrogens (tertiary/aromatic N) is 4. The first-order valence-corrected chi connectivity index (χ1v) is 10.0. The predicted molar refractivity (Wildman–Crippen MR) is 118 cm³/mol. The van der Waals surface area contributed by atoms with Crippen LogP contribution in [0.1, 0.15) is 21.7 Å². The van der Waals surface area contributed by atoms with Gasteiger partial charge in [0.1, 0.15) is 11.6 Å². The molecule has 0 aliphatic heterocycles.